The van der Waals surface area contributed by atoms with Crippen molar-refractivity contribution in [2.24, 2.45) is 5.73 Å². The van der Waals surface area contributed by atoms with Crippen molar-refractivity contribution in [1.29, 1.82) is 0 Å². The fourth-order valence-corrected chi connectivity index (χ4v) is 2.65. The van der Waals surface area contributed by atoms with Crippen LogP contribution >= 0.6 is 12.4 Å². The van der Waals surface area contributed by atoms with Crippen molar-refractivity contribution < 1.29 is 4.79 Å². The number of hydrogen-bond acceptors (Lipinski definition) is 2. The SMILES string of the molecule is CCCC(N)C(=O)N(CCc1ccccc1)Cc1ccccc1.Cl. The zero-order chi connectivity index (χ0) is 16.5. The molecular weight excluding hydrogens is 320 g/mol. The summed E-state index contributed by atoms with van der Waals surface area (Å²) in [7, 11) is 0. The summed E-state index contributed by atoms with van der Waals surface area (Å²) in [6.07, 6.45) is 2.50. The Morgan fingerprint density at radius 1 is 1.00 bits per heavy atom. The van der Waals surface area contributed by atoms with Gasteiger partial charge >= 0.3 is 0 Å². The van der Waals surface area contributed by atoms with Crippen molar-refractivity contribution in [3.05, 3.63) is 71.8 Å². The number of rotatable bonds is 8. The molecule has 0 heterocycles. The van der Waals surface area contributed by atoms with Crippen LogP contribution in [0.3, 0.4) is 0 Å². The molecular formula is C20H27ClN2O. The first-order chi connectivity index (χ1) is 11.2. The number of amides is 1. The smallest absolute Gasteiger partial charge is 0.239 e. The zero-order valence-electron chi connectivity index (χ0n) is 14.2. The molecule has 0 aliphatic carbocycles. The Morgan fingerprint density at radius 3 is 2.08 bits per heavy atom. The minimum Gasteiger partial charge on any atom is -0.337 e. The number of benzene rings is 2. The Bertz CT molecular complexity index is 589. The first-order valence-corrected chi connectivity index (χ1v) is 8.33. The van der Waals surface area contributed by atoms with E-state index in [0.717, 1.165) is 24.8 Å². The van der Waals surface area contributed by atoms with Gasteiger partial charge in [0.2, 0.25) is 5.91 Å². The van der Waals surface area contributed by atoms with Crippen molar-refractivity contribution in [1.82, 2.24) is 4.90 Å². The molecule has 4 heteroatoms. The summed E-state index contributed by atoms with van der Waals surface area (Å²) in [5.41, 5.74) is 8.44. The van der Waals surface area contributed by atoms with E-state index >= 15 is 0 Å². The number of carbonyl (C=O) groups excluding carboxylic acids is 1. The number of nitrogens with zero attached hydrogens (tertiary/aromatic N) is 1. The van der Waals surface area contributed by atoms with Crippen LogP contribution in [0.25, 0.3) is 0 Å². The van der Waals surface area contributed by atoms with E-state index in [0.29, 0.717) is 13.1 Å². The second kappa shape index (κ2) is 10.8. The van der Waals surface area contributed by atoms with E-state index in [-0.39, 0.29) is 18.3 Å². The van der Waals surface area contributed by atoms with Gasteiger partial charge in [0.25, 0.3) is 0 Å². The van der Waals surface area contributed by atoms with Gasteiger partial charge in [-0.25, -0.2) is 0 Å². The molecule has 2 aromatic rings. The molecule has 1 atom stereocenters. The molecule has 2 N–H and O–H groups in total. The molecule has 2 aromatic carbocycles. The van der Waals surface area contributed by atoms with Crippen LogP contribution in [0.1, 0.15) is 30.9 Å². The molecule has 0 spiro atoms. The molecule has 24 heavy (non-hydrogen) atoms. The van der Waals surface area contributed by atoms with Crippen LogP contribution in [-0.4, -0.2) is 23.4 Å². The Balaban J connectivity index is 0.00000288. The number of nitrogens with two attached hydrogens (primary N) is 1. The van der Waals surface area contributed by atoms with Crippen LogP contribution in [0.15, 0.2) is 60.7 Å². The van der Waals surface area contributed by atoms with E-state index in [9.17, 15) is 4.79 Å². The maximum Gasteiger partial charge on any atom is 0.239 e. The van der Waals surface area contributed by atoms with Gasteiger partial charge in [-0.1, -0.05) is 74.0 Å². The van der Waals surface area contributed by atoms with Gasteiger partial charge in [-0.15, -0.1) is 12.4 Å². The fourth-order valence-electron chi connectivity index (χ4n) is 2.65. The predicted octanol–water partition coefficient (Wildman–Crippen LogP) is 3.81. The highest BCUT2D eigenvalue weighted by molar-refractivity contribution is 5.85. The maximum absolute atomic E-state index is 12.7. The van der Waals surface area contributed by atoms with Crippen molar-refractivity contribution in [3.63, 3.8) is 0 Å². The largest absolute Gasteiger partial charge is 0.337 e. The van der Waals surface area contributed by atoms with Gasteiger partial charge in [-0.05, 0) is 24.0 Å². The average Bonchev–Trinajstić information content (AvgIpc) is 2.60. The van der Waals surface area contributed by atoms with Crippen molar-refractivity contribution in [2.45, 2.75) is 38.8 Å². The Hall–Kier alpha value is -1.84. The standard InChI is InChI=1S/C20H26N2O.ClH/c1-2-9-19(21)20(23)22(16-18-12-7-4-8-13-18)15-14-17-10-5-3-6-11-17;/h3-8,10-13,19H,2,9,14-16,21H2,1H3;1H. The first-order valence-electron chi connectivity index (χ1n) is 8.33. The minimum atomic E-state index is -0.403. The van der Waals surface area contributed by atoms with Gasteiger partial charge in [-0.2, -0.15) is 0 Å². The van der Waals surface area contributed by atoms with Gasteiger partial charge in [0.1, 0.15) is 0 Å². The second-order valence-electron chi connectivity index (χ2n) is 5.88. The van der Waals surface area contributed by atoms with Crippen molar-refractivity contribution in [2.75, 3.05) is 6.54 Å². The molecule has 0 aliphatic heterocycles. The lowest BCUT2D eigenvalue weighted by Gasteiger charge is -2.26. The van der Waals surface area contributed by atoms with Crippen LogP contribution in [0.4, 0.5) is 0 Å². The average molecular weight is 347 g/mol. The summed E-state index contributed by atoms with van der Waals surface area (Å²) < 4.78 is 0. The minimum absolute atomic E-state index is 0. The summed E-state index contributed by atoms with van der Waals surface area (Å²) in [6.45, 7) is 3.36. The van der Waals surface area contributed by atoms with E-state index in [1.807, 2.05) is 53.4 Å². The van der Waals surface area contributed by atoms with Crippen LogP contribution in [0, 0.1) is 0 Å². The van der Waals surface area contributed by atoms with Gasteiger partial charge in [0.15, 0.2) is 0 Å². The van der Waals surface area contributed by atoms with E-state index in [4.69, 9.17) is 5.73 Å². The van der Waals surface area contributed by atoms with E-state index in [1.165, 1.54) is 5.56 Å². The third kappa shape index (κ3) is 6.34. The van der Waals surface area contributed by atoms with Gasteiger partial charge < -0.3 is 10.6 Å². The van der Waals surface area contributed by atoms with Crippen LogP contribution in [0.5, 0.6) is 0 Å². The van der Waals surface area contributed by atoms with E-state index in [1.54, 1.807) is 0 Å². The zero-order valence-corrected chi connectivity index (χ0v) is 15.0. The molecule has 0 aliphatic rings. The lowest BCUT2D eigenvalue weighted by molar-refractivity contribution is -0.133. The summed E-state index contributed by atoms with van der Waals surface area (Å²) >= 11 is 0. The van der Waals surface area contributed by atoms with Gasteiger partial charge in [-0.3, -0.25) is 4.79 Å². The van der Waals surface area contributed by atoms with Crippen LogP contribution < -0.4 is 5.73 Å². The van der Waals surface area contributed by atoms with Gasteiger partial charge in [0.05, 0.1) is 6.04 Å². The molecule has 130 valence electrons. The topological polar surface area (TPSA) is 46.3 Å². The molecule has 1 amide bonds. The lowest BCUT2D eigenvalue weighted by atomic mass is 10.1. The molecule has 1 unspecified atom stereocenters. The fraction of sp³-hybridized carbons (Fsp3) is 0.350. The Labute approximate surface area is 151 Å². The Morgan fingerprint density at radius 2 is 1.54 bits per heavy atom. The molecule has 0 saturated carbocycles. The molecule has 3 nitrogen and oxygen atoms in total. The molecule has 0 radical (unpaired) electrons. The monoisotopic (exact) mass is 346 g/mol. The summed E-state index contributed by atoms with van der Waals surface area (Å²) in [5, 5.41) is 0. The highest BCUT2D eigenvalue weighted by Crippen LogP contribution is 2.10. The number of carbonyl (C=O) groups is 1. The quantitative estimate of drug-likeness (QED) is 0.790. The highest BCUT2D eigenvalue weighted by Gasteiger charge is 2.20. The molecule has 0 fully saturated rings. The Kier molecular flexibility index (Phi) is 9.13. The molecule has 0 saturated heterocycles. The van der Waals surface area contributed by atoms with Crippen molar-refractivity contribution in [3.8, 4) is 0 Å². The predicted molar refractivity (Wildman–Crippen MR) is 102 cm³/mol. The number of halogens is 1. The lowest BCUT2D eigenvalue weighted by Crippen LogP contribution is -2.44. The molecule has 2 rings (SSSR count). The summed E-state index contributed by atoms with van der Waals surface area (Å²) in [6, 6.07) is 19.9. The third-order valence-corrected chi connectivity index (χ3v) is 3.96. The molecule has 0 bridgehead atoms. The normalized spacial score (nSPS) is 11.4. The highest BCUT2D eigenvalue weighted by atomic mass is 35.5. The number of hydrogen-bond donors (Lipinski definition) is 1. The first kappa shape index (κ1) is 20.2. The second-order valence-corrected chi connectivity index (χ2v) is 5.88. The maximum atomic E-state index is 12.7. The molecule has 0 aromatic heterocycles. The summed E-state index contributed by atoms with van der Waals surface area (Å²) in [4.78, 5) is 14.6. The van der Waals surface area contributed by atoms with Crippen molar-refractivity contribution >= 4 is 18.3 Å². The van der Waals surface area contributed by atoms with Crippen LogP contribution in [-0.2, 0) is 17.8 Å². The van der Waals surface area contributed by atoms with E-state index < -0.39 is 6.04 Å². The summed E-state index contributed by atoms with van der Waals surface area (Å²) in [5.74, 6) is 0.0478. The van der Waals surface area contributed by atoms with Crippen LogP contribution in [0.2, 0.25) is 0 Å². The van der Waals surface area contributed by atoms with Gasteiger partial charge in [0, 0.05) is 13.1 Å². The third-order valence-electron chi connectivity index (χ3n) is 3.96. The van der Waals surface area contributed by atoms with E-state index in [2.05, 4.69) is 19.1 Å².